The first kappa shape index (κ1) is 11.3. The maximum absolute atomic E-state index is 12.3. The standard InChI is InChI=1S/C7H9FN2O.ClH/c8-5-1-2-7(10-3-5)6(9)4-11;/h1-3,6,11H,4,9H2;1H/t6-;/m1./s1. The Hall–Kier alpha value is -0.710. The van der Waals surface area contributed by atoms with Crippen LogP contribution in [0.3, 0.4) is 0 Å². The molecule has 0 aliphatic carbocycles. The summed E-state index contributed by atoms with van der Waals surface area (Å²) in [6.45, 7) is -0.182. The number of aromatic nitrogens is 1. The van der Waals surface area contributed by atoms with Gasteiger partial charge < -0.3 is 10.8 Å². The first-order valence-corrected chi connectivity index (χ1v) is 3.22. The zero-order valence-electron chi connectivity index (χ0n) is 6.27. The van der Waals surface area contributed by atoms with E-state index in [1.54, 1.807) is 0 Å². The van der Waals surface area contributed by atoms with Crippen LogP contribution in [-0.4, -0.2) is 16.7 Å². The number of halogens is 2. The van der Waals surface area contributed by atoms with Crippen LogP contribution in [0.4, 0.5) is 4.39 Å². The summed E-state index contributed by atoms with van der Waals surface area (Å²) < 4.78 is 12.3. The molecule has 0 radical (unpaired) electrons. The molecule has 0 fully saturated rings. The molecule has 0 spiro atoms. The third-order valence-electron chi connectivity index (χ3n) is 1.33. The van der Waals surface area contributed by atoms with Crippen molar-refractivity contribution in [1.82, 2.24) is 4.98 Å². The van der Waals surface area contributed by atoms with E-state index in [1.807, 2.05) is 0 Å². The van der Waals surface area contributed by atoms with E-state index in [0.29, 0.717) is 5.69 Å². The summed E-state index contributed by atoms with van der Waals surface area (Å²) in [4.78, 5) is 3.69. The predicted octanol–water partition coefficient (Wildman–Crippen LogP) is 0.635. The number of aliphatic hydroxyl groups excluding tert-OH is 1. The molecule has 68 valence electrons. The van der Waals surface area contributed by atoms with Gasteiger partial charge in [0.15, 0.2) is 0 Å². The molecule has 1 atom stereocenters. The molecule has 0 aliphatic heterocycles. The summed E-state index contributed by atoms with van der Waals surface area (Å²) in [6, 6.07) is 2.20. The van der Waals surface area contributed by atoms with Crippen LogP contribution in [0.25, 0.3) is 0 Å². The first-order chi connectivity index (χ1) is 5.24. The van der Waals surface area contributed by atoms with Gasteiger partial charge in [0.25, 0.3) is 0 Å². The van der Waals surface area contributed by atoms with Gasteiger partial charge in [0.05, 0.1) is 24.5 Å². The van der Waals surface area contributed by atoms with Crippen LogP contribution in [0, 0.1) is 5.82 Å². The van der Waals surface area contributed by atoms with Crippen molar-refractivity contribution in [2.24, 2.45) is 5.73 Å². The second-order valence-electron chi connectivity index (χ2n) is 2.19. The third kappa shape index (κ3) is 2.73. The van der Waals surface area contributed by atoms with Crippen molar-refractivity contribution in [2.45, 2.75) is 6.04 Å². The summed E-state index contributed by atoms with van der Waals surface area (Å²) in [6.07, 6.45) is 1.07. The smallest absolute Gasteiger partial charge is 0.141 e. The van der Waals surface area contributed by atoms with Gasteiger partial charge in [0.2, 0.25) is 0 Å². The highest BCUT2D eigenvalue weighted by molar-refractivity contribution is 5.85. The molecule has 3 nitrogen and oxygen atoms in total. The zero-order chi connectivity index (χ0) is 8.27. The van der Waals surface area contributed by atoms with Crippen molar-refractivity contribution in [3.05, 3.63) is 29.8 Å². The Labute approximate surface area is 75.8 Å². The number of pyridine rings is 1. The molecule has 5 heteroatoms. The Bertz CT molecular complexity index is 229. The van der Waals surface area contributed by atoms with Crippen LogP contribution >= 0.6 is 12.4 Å². The third-order valence-corrected chi connectivity index (χ3v) is 1.33. The second-order valence-corrected chi connectivity index (χ2v) is 2.19. The molecule has 1 aromatic heterocycles. The van der Waals surface area contributed by atoms with Crippen molar-refractivity contribution >= 4 is 12.4 Å². The monoisotopic (exact) mass is 192 g/mol. The quantitative estimate of drug-likeness (QED) is 0.723. The summed E-state index contributed by atoms with van der Waals surface area (Å²) in [5.41, 5.74) is 5.90. The van der Waals surface area contributed by atoms with Crippen LogP contribution in [0.5, 0.6) is 0 Å². The lowest BCUT2D eigenvalue weighted by atomic mass is 10.2. The molecular weight excluding hydrogens is 183 g/mol. The van der Waals surface area contributed by atoms with Gasteiger partial charge in [-0.25, -0.2) is 4.39 Å². The highest BCUT2D eigenvalue weighted by Gasteiger charge is 2.04. The van der Waals surface area contributed by atoms with E-state index in [9.17, 15) is 4.39 Å². The van der Waals surface area contributed by atoms with Crippen LogP contribution < -0.4 is 5.73 Å². The molecule has 1 aromatic rings. The largest absolute Gasteiger partial charge is 0.394 e. The number of hydrogen-bond donors (Lipinski definition) is 2. The fourth-order valence-corrected chi connectivity index (χ4v) is 0.700. The summed E-state index contributed by atoms with van der Waals surface area (Å²) in [7, 11) is 0. The van der Waals surface area contributed by atoms with Crippen LogP contribution in [-0.2, 0) is 0 Å². The lowest BCUT2D eigenvalue weighted by molar-refractivity contribution is 0.265. The lowest BCUT2D eigenvalue weighted by Gasteiger charge is -2.05. The van der Waals surface area contributed by atoms with Crippen LogP contribution in [0.1, 0.15) is 11.7 Å². The summed E-state index contributed by atoms with van der Waals surface area (Å²) in [5, 5.41) is 8.60. The van der Waals surface area contributed by atoms with E-state index in [-0.39, 0.29) is 19.0 Å². The molecule has 0 unspecified atom stereocenters. The van der Waals surface area contributed by atoms with Gasteiger partial charge in [-0.15, -0.1) is 12.4 Å². The minimum atomic E-state index is -0.518. The van der Waals surface area contributed by atoms with Crippen molar-refractivity contribution in [2.75, 3.05) is 6.61 Å². The molecule has 3 N–H and O–H groups in total. The minimum absolute atomic E-state index is 0. The van der Waals surface area contributed by atoms with Gasteiger partial charge >= 0.3 is 0 Å². The molecule has 0 bridgehead atoms. The molecular formula is C7H10ClFN2O. The SMILES string of the molecule is Cl.N[C@H](CO)c1ccc(F)cn1. The van der Waals surface area contributed by atoms with Crippen molar-refractivity contribution in [3.8, 4) is 0 Å². The van der Waals surface area contributed by atoms with Gasteiger partial charge in [-0.3, -0.25) is 4.98 Å². The van der Waals surface area contributed by atoms with Crippen molar-refractivity contribution in [3.63, 3.8) is 0 Å². The van der Waals surface area contributed by atoms with Gasteiger partial charge in [0.1, 0.15) is 5.82 Å². The lowest BCUT2D eigenvalue weighted by Crippen LogP contribution is -2.15. The summed E-state index contributed by atoms with van der Waals surface area (Å²) >= 11 is 0. The van der Waals surface area contributed by atoms with Crippen molar-refractivity contribution < 1.29 is 9.50 Å². The second kappa shape index (κ2) is 5.03. The van der Waals surface area contributed by atoms with Crippen molar-refractivity contribution in [1.29, 1.82) is 0 Å². The fourth-order valence-electron chi connectivity index (χ4n) is 0.700. The zero-order valence-corrected chi connectivity index (χ0v) is 7.09. The van der Waals surface area contributed by atoms with E-state index in [2.05, 4.69) is 4.98 Å². The van der Waals surface area contributed by atoms with Gasteiger partial charge in [-0.2, -0.15) is 0 Å². The molecule has 0 aromatic carbocycles. The van der Waals surface area contributed by atoms with E-state index >= 15 is 0 Å². The average Bonchev–Trinajstić information content (AvgIpc) is 2.05. The first-order valence-electron chi connectivity index (χ1n) is 3.22. The maximum Gasteiger partial charge on any atom is 0.141 e. The topological polar surface area (TPSA) is 59.1 Å². The minimum Gasteiger partial charge on any atom is -0.394 e. The molecule has 0 amide bonds. The predicted molar refractivity (Wildman–Crippen MR) is 45.5 cm³/mol. The highest BCUT2D eigenvalue weighted by atomic mass is 35.5. The Balaban J connectivity index is 0.00000121. The van der Waals surface area contributed by atoms with Crippen LogP contribution in [0.2, 0.25) is 0 Å². The molecule has 1 rings (SSSR count). The molecule has 0 saturated heterocycles. The van der Waals surface area contributed by atoms with E-state index in [1.165, 1.54) is 12.1 Å². The molecule has 1 heterocycles. The Morgan fingerprint density at radius 1 is 1.58 bits per heavy atom. The van der Waals surface area contributed by atoms with E-state index in [4.69, 9.17) is 10.8 Å². The van der Waals surface area contributed by atoms with Gasteiger partial charge in [0, 0.05) is 0 Å². The number of rotatable bonds is 2. The van der Waals surface area contributed by atoms with Gasteiger partial charge in [-0.1, -0.05) is 0 Å². The maximum atomic E-state index is 12.3. The average molecular weight is 193 g/mol. The molecule has 12 heavy (non-hydrogen) atoms. The van der Waals surface area contributed by atoms with E-state index < -0.39 is 11.9 Å². The summed E-state index contributed by atoms with van der Waals surface area (Å²) in [5.74, 6) is -0.404. The number of aliphatic hydroxyl groups is 1. The molecule has 0 saturated carbocycles. The Morgan fingerprint density at radius 3 is 2.67 bits per heavy atom. The van der Waals surface area contributed by atoms with E-state index in [0.717, 1.165) is 6.20 Å². The number of nitrogens with two attached hydrogens (primary N) is 1. The fraction of sp³-hybridized carbons (Fsp3) is 0.286. The number of hydrogen-bond acceptors (Lipinski definition) is 3. The Kier molecular flexibility index (Phi) is 4.73. The number of nitrogens with zero attached hydrogens (tertiary/aromatic N) is 1. The Morgan fingerprint density at radius 2 is 2.25 bits per heavy atom. The molecule has 0 aliphatic rings. The van der Waals surface area contributed by atoms with Gasteiger partial charge in [-0.05, 0) is 12.1 Å². The van der Waals surface area contributed by atoms with Crippen LogP contribution in [0.15, 0.2) is 18.3 Å². The highest BCUT2D eigenvalue weighted by Crippen LogP contribution is 2.05. The normalized spacial score (nSPS) is 11.9.